The summed E-state index contributed by atoms with van der Waals surface area (Å²) in [5.74, 6) is -0.452. The van der Waals surface area contributed by atoms with E-state index >= 15 is 0 Å². The van der Waals surface area contributed by atoms with Crippen LogP contribution in [0.15, 0.2) is 60.0 Å². The zero-order valence-corrected chi connectivity index (χ0v) is 15.7. The summed E-state index contributed by atoms with van der Waals surface area (Å²) in [5, 5.41) is 8.67. The molecule has 26 heavy (non-hydrogen) atoms. The van der Waals surface area contributed by atoms with Gasteiger partial charge in [0, 0.05) is 15.6 Å². The van der Waals surface area contributed by atoms with Gasteiger partial charge in [0.05, 0.1) is 12.6 Å². The molecule has 1 atom stereocenters. The highest BCUT2D eigenvalue weighted by Crippen LogP contribution is 2.26. The van der Waals surface area contributed by atoms with E-state index < -0.39 is 0 Å². The molecule has 0 radical (unpaired) electrons. The molecular formula is C20H18ClFN2OS. The zero-order valence-electron chi connectivity index (χ0n) is 14.1. The number of aryl methyl sites for hydroxylation is 1. The molecule has 0 fully saturated rings. The molecule has 3 aromatic rings. The Morgan fingerprint density at radius 1 is 1.19 bits per heavy atom. The smallest absolute Gasteiger partial charge is 0.238 e. The van der Waals surface area contributed by atoms with Crippen molar-refractivity contribution in [1.29, 1.82) is 0 Å². The Morgan fingerprint density at radius 3 is 2.65 bits per heavy atom. The lowest BCUT2D eigenvalue weighted by atomic mass is 10.1. The highest BCUT2D eigenvalue weighted by atomic mass is 35.5. The number of anilines is 1. The lowest BCUT2D eigenvalue weighted by Crippen LogP contribution is -2.31. The molecule has 0 saturated heterocycles. The first-order valence-electron chi connectivity index (χ1n) is 8.11. The quantitative estimate of drug-likeness (QED) is 0.611. The second kappa shape index (κ2) is 8.45. The molecule has 1 heterocycles. The van der Waals surface area contributed by atoms with E-state index in [1.54, 1.807) is 35.6 Å². The molecule has 0 spiro atoms. The van der Waals surface area contributed by atoms with Crippen LogP contribution in [0.1, 0.15) is 22.0 Å². The highest BCUT2D eigenvalue weighted by molar-refractivity contribution is 7.10. The Balaban J connectivity index is 1.70. The van der Waals surface area contributed by atoms with Crippen LogP contribution in [0.25, 0.3) is 0 Å². The van der Waals surface area contributed by atoms with Crippen LogP contribution in [0.3, 0.4) is 0 Å². The second-order valence-electron chi connectivity index (χ2n) is 5.89. The van der Waals surface area contributed by atoms with E-state index in [2.05, 4.69) is 10.6 Å². The minimum absolute atomic E-state index is 0.117. The first-order chi connectivity index (χ1) is 12.5. The third kappa shape index (κ3) is 4.69. The minimum atomic E-state index is -0.284. The maximum Gasteiger partial charge on any atom is 0.238 e. The molecule has 0 saturated carbocycles. The van der Waals surface area contributed by atoms with Gasteiger partial charge in [0.25, 0.3) is 0 Å². The molecular weight excluding hydrogens is 371 g/mol. The van der Waals surface area contributed by atoms with Crippen molar-refractivity contribution < 1.29 is 9.18 Å². The van der Waals surface area contributed by atoms with Crippen molar-refractivity contribution in [3.63, 3.8) is 0 Å². The summed E-state index contributed by atoms with van der Waals surface area (Å²) in [6.07, 6.45) is 0. The lowest BCUT2D eigenvalue weighted by molar-refractivity contribution is -0.115. The second-order valence-corrected chi connectivity index (χ2v) is 7.30. The molecule has 3 rings (SSSR count). The Morgan fingerprint density at radius 2 is 1.96 bits per heavy atom. The van der Waals surface area contributed by atoms with Crippen LogP contribution >= 0.6 is 22.9 Å². The average molecular weight is 389 g/mol. The van der Waals surface area contributed by atoms with Crippen LogP contribution in [-0.2, 0) is 4.79 Å². The van der Waals surface area contributed by atoms with E-state index in [1.165, 1.54) is 12.1 Å². The molecule has 0 aliphatic carbocycles. The molecule has 0 unspecified atom stereocenters. The maximum atomic E-state index is 13.2. The fourth-order valence-corrected chi connectivity index (χ4v) is 3.61. The van der Waals surface area contributed by atoms with E-state index in [-0.39, 0.29) is 24.3 Å². The van der Waals surface area contributed by atoms with E-state index in [9.17, 15) is 9.18 Å². The molecule has 1 amide bonds. The topological polar surface area (TPSA) is 41.1 Å². The Kier molecular flexibility index (Phi) is 6.04. The standard InChI is InChI=1S/C20H18ClFN2OS/c1-13-4-7-15(21)11-17(13)24-19(25)12-23-20(18-3-2-10-26-18)14-5-8-16(22)9-6-14/h2-11,20,23H,12H2,1H3,(H,24,25)/t20-/m1/s1. The number of nitrogens with one attached hydrogen (secondary N) is 2. The van der Waals surface area contributed by atoms with Crippen LogP contribution in [0.4, 0.5) is 10.1 Å². The van der Waals surface area contributed by atoms with E-state index in [1.807, 2.05) is 30.5 Å². The molecule has 0 aliphatic heterocycles. The molecule has 0 bridgehead atoms. The molecule has 2 N–H and O–H groups in total. The average Bonchev–Trinajstić information content (AvgIpc) is 3.14. The van der Waals surface area contributed by atoms with Gasteiger partial charge in [0.15, 0.2) is 0 Å². The van der Waals surface area contributed by atoms with Crippen LogP contribution in [0.5, 0.6) is 0 Å². The van der Waals surface area contributed by atoms with Gasteiger partial charge in [-0.25, -0.2) is 4.39 Å². The van der Waals surface area contributed by atoms with Gasteiger partial charge in [0.1, 0.15) is 5.82 Å². The normalized spacial score (nSPS) is 12.0. The fourth-order valence-electron chi connectivity index (χ4n) is 2.61. The number of thiophene rings is 1. The number of amides is 1. The minimum Gasteiger partial charge on any atom is -0.325 e. The number of carbonyl (C=O) groups is 1. The lowest BCUT2D eigenvalue weighted by Gasteiger charge is -2.18. The van der Waals surface area contributed by atoms with Crippen molar-refractivity contribution in [1.82, 2.24) is 5.32 Å². The summed E-state index contributed by atoms with van der Waals surface area (Å²) >= 11 is 7.58. The molecule has 1 aromatic heterocycles. The van der Waals surface area contributed by atoms with Gasteiger partial charge in [-0.05, 0) is 53.8 Å². The zero-order chi connectivity index (χ0) is 18.5. The molecule has 134 valence electrons. The summed E-state index contributed by atoms with van der Waals surface area (Å²) in [5.41, 5.74) is 2.54. The van der Waals surface area contributed by atoms with Crippen molar-refractivity contribution in [2.24, 2.45) is 0 Å². The predicted molar refractivity (Wildman–Crippen MR) is 105 cm³/mol. The van der Waals surface area contributed by atoms with Gasteiger partial charge in [-0.3, -0.25) is 10.1 Å². The SMILES string of the molecule is Cc1ccc(Cl)cc1NC(=O)CN[C@H](c1ccc(F)cc1)c1cccs1. The highest BCUT2D eigenvalue weighted by Gasteiger charge is 2.16. The predicted octanol–water partition coefficient (Wildman–Crippen LogP) is 5.17. The van der Waals surface area contributed by atoms with Crippen molar-refractivity contribution in [2.75, 3.05) is 11.9 Å². The monoisotopic (exact) mass is 388 g/mol. The molecule has 2 aromatic carbocycles. The van der Waals surface area contributed by atoms with Gasteiger partial charge in [-0.2, -0.15) is 0 Å². The first kappa shape index (κ1) is 18.6. The Labute approximate surface area is 160 Å². The number of rotatable bonds is 6. The van der Waals surface area contributed by atoms with Crippen molar-refractivity contribution in [3.05, 3.63) is 86.8 Å². The number of halogens is 2. The van der Waals surface area contributed by atoms with Crippen LogP contribution in [0, 0.1) is 12.7 Å². The third-order valence-electron chi connectivity index (χ3n) is 3.97. The molecule has 3 nitrogen and oxygen atoms in total. The summed E-state index contributed by atoms with van der Waals surface area (Å²) < 4.78 is 13.2. The maximum absolute atomic E-state index is 13.2. The van der Waals surface area contributed by atoms with Crippen LogP contribution in [-0.4, -0.2) is 12.5 Å². The van der Waals surface area contributed by atoms with E-state index in [0.717, 1.165) is 16.0 Å². The summed E-state index contributed by atoms with van der Waals surface area (Å²) in [7, 11) is 0. The Hall–Kier alpha value is -2.21. The molecule has 6 heteroatoms. The first-order valence-corrected chi connectivity index (χ1v) is 9.37. The van der Waals surface area contributed by atoms with Crippen LogP contribution < -0.4 is 10.6 Å². The van der Waals surface area contributed by atoms with Gasteiger partial charge < -0.3 is 5.32 Å². The Bertz CT molecular complexity index is 881. The summed E-state index contributed by atoms with van der Waals surface area (Å²) in [4.78, 5) is 13.4. The van der Waals surface area contributed by atoms with E-state index in [4.69, 9.17) is 11.6 Å². The number of benzene rings is 2. The summed E-state index contributed by atoms with van der Waals surface area (Å²) in [6, 6.07) is 15.4. The van der Waals surface area contributed by atoms with Gasteiger partial charge in [0.2, 0.25) is 5.91 Å². The van der Waals surface area contributed by atoms with Crippen molar-refractivity contribution >= 4 is 34.5 Å². The molecule has 0 aliphatic rings. The van der Waals surface area contributed by atoms with E-state index in [0.29, 0.717) is 10.7 Å². The van der Waals surface area contributed by atoms with Crippen LogP contribution in [0.2, 0.25) is 5.02 Å². The van der Waals surface area contributed by atoms with Gasteiger partial charge >= 0.3 is 0 Å². The number of carbonyl (C=O) groups excluding carboxylic acids is 1. The summed E-state index contributed by atoms with van der Waals surface area (Å²) in [6.45, 7) is 2.03. The number of hydrogen-bond acceptors (Lipinski definition) is 3. The van der Waals surface area contributed by atoms with Crippen molar-refractivity contribution in [2.45, 2.75) is 13.0 Å². The third-order valence-corrected chi connectivity index (χ3v) is 5.14. The van der Waals surface area contributed by atoms with Gasteiger partial charge in [-0.15, -0.1) is 11.3 Å². The fraction of sp³-hybridized carbons (Fsp3) is 0.150. The largest absolute Gasteiger partial charge is 0.325 e. The van der Waals surface area contributed by atoms with Gasteiger partial charge in [-0.1, -0.05) is 35.9 Å². The number of hydrogen-bond donors (Lipinski definition) is 2. The van der Waals surface area contributed by atoms with Crippen molar-refractivity contribution in [3.8, 4) is 0 Å².